The van der Waals surface area contributed by atoms with Crippen molar-refractivity contribution in [2.45, 2.75) is 32.6 Å². The van der Waals surface area contributed by atoms with Gasteiger partial charge in [-0.1, -0.05) is 12.8 Å². The molecule has 0 N–H and O–H groups in total. The Balaban J connectivity index is 2.82. The lowest BCUT2D eigenvalue weighted by Gasteiger charge is -2.13. The first-order valence-corrected chi connectivity index (χ1v) is 6.15. The maximum atomic E-state index is 12.2. The number of hydrogen-bond acceptors (Lipinski definition) is 4. The molecule has 1 aliphatic rings. The highest BCUT2D eigenvalue weighted by Crippen LogP contribution is 2.28. The van der Waals surface area contributed by atoms with Crippen LogP contribution in [0.25, 0.3) is 0 Å². The maximum absolute atomic E-state index is 12.2. The van der Waals surface area contributed by atoms with Gasteiger partial charge in [0, 0.05) is 26.2 Å². The molecule has 0 heterocycles. The van der Waals surface area contributed by atoms with Crippen LogP contribution < -0.4 is 0 Å². The van der Waals surface area contributed by atoms with E-state index in [1.54, 1.807) is 32.1 Å². The smallest absolute Gasteiger partial charge is 0.343 e. The van der Waals surface area contributed by atoms with Gasteiger partial charge in [-0.25, -0.2) is 4.79 Å². The number of nitrogens with zero attached hydrogens (tertiary/aromatic N) is 1. The van der Waals surface area contributed by atoms with Crippen LogP contribution >= 0.6 is 0 Å². The van der Waals surface area contributed by atoms with Crippen LogP contribution in [0.2, 0.25) is 0 Å². The van der Waals surface area contributed by atoms with E-state index in [1.807, 2.05) is 0 Å². The first kappa shape index (κ1) is 13.7. The lowest BCUT2D eigenvalue weighted by molar-refractivity contribution is -0.140. The molecule has 0 radical (unpaired) electrons. The first-order chi connectivity index (χ1) is 8.06. The third-order valence-electron chi connectivity index (χ3n) is 2.87. The second kappa shape index (κ2) is 6.42. The van der Waals surface area contributed by atoms with Gasteiger partial charge in [-0.05, 0) is 19.8 Å². The van der Waals surface area contributed by atoms with Gasteiger partial charge in [-0.15, -0.1) is 0 Å². The van der Waals surface area contributed by atoms with Crippen LogP contribution in [0.15, 0.2) is 11.8 Å². The Kier molecular flexibility index (Phi) is 5.19. The zero-order valence-corrected chi connectivity index (χ0v) is 10.9. The maximum Gasteiger partial charge on any atom is 0.343 e. The van der Waals surface area contributed by atoms with E-state index in [0.29, 0.717) is 6.61 Å². The van der Waals surface area contributed by atoms with Crippen molar-refractivity contribution in [1.29, 1.82) is 0 Å². The van der Waals surface area contributed by atoms with Crippen LogP contribution in [0.4, 0.5) is 0 Å². The molecule has 1 rings (SSSR count). The Labute approximate surface area is 103 Å². The van der Waals surface area contributed by atoms with Gasteiger partial charge < -0.3 is 9.64 Å². The molecule has 0 amide bonds. The average molecular weight is 239 g/mol. The Morgan fingerprint density at radius 3 is 2.35 bits per heavy atom. The van der Waals surface area contributed by atoms with Crippen LogP contribution in [-0.2, 0) is 14.3 Å². The molecule has 4 nitrogen and oxygen atoms in total. The van der Waals surface area contributed by atoms with E-state index < -0.39 is 5.97 Å². The van der Waals surface area contributed by atoms with E-state index in [4.69, 9.17) is 4.74 Å². The molecular weight excluding hydrogens is 218 g/mol. The summed E-state index contributed by atoms with van der Waals surface area (Å²) < 4.78 is 4.93. The molecule has 0 aromatic rings. The molecule has 0 atom stereocenters. The highest BCUT2D eigenvalue weighted by Gasteiger charge is 2.29. The average Bonchev–Trinajstić information content (AvgIpc) is 2.78. The molecule has 0 aromatic heterocycles. The molecule has 96 valence electrons. The normalized spacial score (nSPS) is 17.0. The van der Waals surface area contributed by atoms with Gasteiger partial charge in [-0.3, -0.25) is 4.79 Å². The Morgan fingerprint density at radius 1 is 1.29 bits per heavy atom. The van der Waals surface area contributed by atoms with E-state index in [-0.39, 0.29) is 17.3 Å². The van der Waals surface area contributed by atoms with Crippen LogP contribution in [-0.4, -0.2) is 37.4 Å². The predicted molar refractivity (Wildman–Crippen MR) is 65.4 cm³/mol. The van der Waals surface area contributed by atoms with Crippen LogP contribution in [0, 0.1) is 5.92 Å². The highest BCUT2D eigenvalue weighted by atomic mass is 16.5. The molecule has 1 fully saturated rings. The van der Waals surface area contributed by atoms with E-state index in [2.05, 4.69) is 0 Å². The van der Waals surface area contributed by atoms with Crippen molar-refractivity contribution in [3.05, 3.63) is 11.8 Å². The Bertz CT molecular complexity index is 315. The number of carbonyl (C=O) groups excluding carboxylic acids is 2. The third kappa shape index (κ3) is 3.88. The van der Waals surface area contributed by atoms with Gasteiger partial charge in [0.15, 0.2) is 5.78 Å². The third-order valence-corrected chi connectivity index (χ3v) is 2.87. The Morgan fingerprint density at radius 2 is 1.88 bits per heavy atom. The van der Waals surface area contributed by atoms with E-state index in [1.165, 1.54) is 0 Å². The minimum absolute atomic E-state index is 0.00519. The molecule has 0 aromatic carbocycles. The number of ether oxygens (including phenoxy) is 1. The number of esters is 1. The second-order valence-corrected chi connectivity index (χ2v) is 4.57. The predicted octanol–water partition coefficient (Wildman–Crippen LogP) is 1.75. The summed E-state index contributed by atoms with van der Waals surface area (Å²) in [5.74, 6) is -0.557. The molecule has 0 aliphatic heterocycles. The topological polar surface area (TPSA) is 46.6 Å². The van der Waals surface area contributed by atoms with Crippen LogP contribution in [0.3, 0.4) is 0 Å². The summed E-state index contributed by atoms with van der Waals surface area (Å²) in [5, 5.41) is 0. The van der Waals surface area contributed by atoms with Gasteiger partial charge in [0.05, 0.1) is 6.61 Å². The number of ketones is 1. The lowest BCUT2D eigenvalue weighted by Crippen LogP contribution is -2.23. The second-order valence-electron chi connectivity index (χ2n) is 4.57. The van der Waals surface area contributed by atoms with Gasteiger partial charge >= 0.3 is 5.97 Å². The molecule has 4 heteroatoms. The van der Waals surface area contributed by atoms with Crippen molar-refractivity contribution in [2.24, 2.45) is 5.92 Å². The largest absolute Gasteiger partial charge is 0.462 e. The fourth-order valence-corrected chi connectivity index (χ4v) is 2.09. The summed E-state index contributed by atoms with van der Waals surface area (Å²) in [4.78, 5) is 25.6. The van der Waals surface area contributed by atoms with Crippen LogP contribution in [0.1, 0.15) is 32.6 Å². The number of Topliss-reactive ketones (excluding diaryl/α,β-unsaturated/α-hetero) is 1. The molecule has 1 aliphatic carbocycles. The fourth-order valence-electron chi connectivity index (χ4n) is 2.09. The molecular formula is C13H21NO3. The minimum Gasteiger partial charge on any atom is -0.462 e. The Hall–Kier alpha value is -1.32. The number of hydrogen-bond donors (Lipinski definition) is 0. The van der Waals surface area contributed by atoms with E-state index >= 15 is 0 Å². The summed E-state index contributed by atoms with van der Waals surface area (Å²) in [7, 11) is 3.59. The van der Waals surface area contributed by atoms with Crippen molar-refractivity contribution in [3.63, 3.8) is 0 Å². The SMILES string of the molecule is CCOC(=O)/C(=C/N(C)C)C(=O)C1CCCC1. The number of carbonyl (C=O) groups is 2. The summed E-state index contributed by atoms with van der Waals surface area (Å²) in [6, 6.07) is 0. The van der Waals surface area contributed by atoms with Crippen molar-refractivity contribution in [3.8, 4) is 0 Å². The zero-order valence-electron chi connectivity index (χ0n) is 10.9. The molecule has 17 heavy (non-hydrogen) atoms. The first-order valence-electron chi connectivity index (χ1n) is 6.15. The van der Waals surface area contributed by atoms with Crippen LogP contribution in [0.5, 0.6) is 0 Å². The standard InChI is InChI=1S/C13H21NO3/c1-4-17-13(16)11(9-14(2)3)12(15)10-7-5-6-8-10/h9-10H,4-8H2,1-3H3/b11-9+. The van der Waals surface area contributed by atoms with Crippen molar-refractivity contribution >= 4 is 11.8 Å². The monoisotopic (exact) mass is 239 g/mol. The molecule has 1 saturated carbocycles. The fraction of sp³-hybridized carbons (Fsp3) is 0.692. The quantitative estimate of drug-likeness (QED) is 0.317. The van der Waals surface area contributed by atoms with Gasteiger partial charge in [0.25, 0.3) is 0 Å². The highest BCUT2D eigenvalue weighted by molar-refractivity contribution is 6.18. The summed E-state index contributed by atoms with van der Waals surface area (Å²) in [6.45, 7) is 2.03. The summed E-state index contributed by atoms with van der Waals surface area (Å²) in [6.07, 6.45) is 5.51. The summed E-state index contributed by atoms with van der Waals surface area (Å²) in [5.41, 5.74) is 0.184. The van der Waals surface area contributed by atoms with E-state index in [9.17, 15) is 9.59 Å². The number of rotatable bonds is 5. The van der Waals surface area contributed by atoms with Crippen molar-refractivity contribution in [2.75, 3.05) is 20.7 Å². The van der Waals surface area contributed by atoms with Gasteiger partial charge in [0.1, 0.15) is 5.57 Å². The summed E-state index contributed by atoms with van der Waals surface area (Å²) >= 11 is 0. The molecule has 0 saturated heterocycles. The van der Waals surface area contributed by atoms with E-state index in [0.717, 1.165) is 25.7 Å². The minimum atomic E-state index is -0.502. The lowest BCUT2D eigenvalue weighted by atomic mass is 9.96. The van der Waals surface area contributed by atoms with Crippen molar-refractivity contribution in [1.82, 2.24) is 4.90 Å². The zero-order chi connectivity index (χ0) is 12.8. The molecule has 0 spiro atoms. The van der Waals surface area contributed by atoms with Gasteiger partial charge in [0.2, 0.25) is 0 Å². The molecule has 0 bridgehead atoms. The molecule has 0 unspecified atom stereocenters. The van der Waals surface area contributed by atoms with Gasteiger partial charge in [-0.2, -0.15) is 0 Å². The van der Waals surface area contributed by atoms with Crippen molar-refractivity contribution < 1.29 is 14.3 Å².